The summed E-state index contributed by atoms with van der Waals surface area (Å²) in [6.45, 7) is 1.45. The Balaban J connectivity index is 3.17. The van der Waals surface area contributed by atoms with Crippen LogP contribution in [0.25, 0.3) is 0 Å². The van der Waals surface area contributed by atoms with Crippen LogP contribution in [-0.2, 0) is 0 Å². The van der Waals surface area contributed by atoms with Gasteiger partial charge in [0, 0.05) is 6.07 Å². The van der Waals surface area contributed by atoms with Crippen molar-refractivity contribution in [2.24, 2.45) is 0 Å². The van der Waals surface area contributed by atoms with E-state index in [9.17, 15) is 8.78 Å². The normalized spacial score (nSPS) is 9.67. The molecule has 0 N–H and O–H groups in total. The number of rotatable bonds is 0. The average Bonchev–Trinajstić information content (AvgIpc) is 1.80. The van der Waals surface area contributed by atoms with Gasteiger partial charge in [0.05, 0.1) is 5.69 Å². The van der Waals surface area contributed by atoms with Crippen molar-refractivity contribution in [2.75, 3.05) is 0 Å². The molecule has 1 rings (SSSR count). The second-order valence-corrected chi connectivity index (χ2v) is 1.65. The summed E-state index contributed by atoms with van der Waals surface area (Å²) in [5.74, 6) is -1.40. The Morgan fingerprint density at radius 2 is 2.22 bits per heavy atom. The molecule has 0 spiro atoms. The summed E-state index contributed by atoms with van der Waals surface area (Å²) in [7, 11) is 0. The van der Waals surface area contributed by atoms with Gasteiger partial charge in [0.15, 0.2) is 5.82 Å². The van der Waals surface area contributed by atoms with Gasteiger partial charge in [-0.25, -0.2) is 13.8 Å². The molecule has 1 aromatic heterocycles. The third-order valence-electron chi connectivity index (χ3n) is 0.929. The maximum atomic E-state index is 12.3. The molecular formula is C6H4F2N. The quantitative estimate of drug-likeness (QED) is 0.515. The highest BCUT2D eigenvalue weighted by atomic mass is 19.1. The lowest BCUT2D eigenvalue weighted by atomic mass is 10.4. The van der Waals surface area contributed by atoms with Gasteiger partial charge in [0.2, 0.25) is 0 Å². The highest BCUT2D eigenvalue weighted by Gasteiger charge is 1.98. The number of halogens is 2. The van der Waals surface area contributed by atoms with Crippen molar-refractivity contribution in [2.45, 2.75) is 6.92 Å². The van der Waals surface area contributed by atoms with Gasteiger partial charge in [-0.15, -0.1) is 0 Å². The number of pyridine rings is 1. The summed E-state index contributed by atoms with van der Waals surface area (Å²) in [6.07, 6.45) is 1.98. The van der Waals surface area contributed by atoms with E-state index >= 15 is 0 Å². The summed E-state index contributed by atoms with van der Waals surface area (Å²) in [6, 6.07) is 0.752. The average molecular weight is 128 g/mol. The van der Waals surface area contributed by atoms with E-state index < -0.39 is 11.6 Å². The van der Waals surface area contributed by atoms with Crippen molar-refractivity contribution in [3.63, 3.8) is 0 Å². The van der Waals surface area contributed by atoms with Gasteiger partial charge in [-0.05, 0) is 6.92 Å². The lowest BCUT2D eigenvalue weighted by Crippen LogP contribution is -1.88. The Labute approximate surface area is 51.3 Å². The lowest BCUT2D eigenvalue weighted by Gasteiger charge is -1.90. The molecule has 1 heterocycles. The summed E-state index contributed by atoms with van der Waals surface area (Å²) in [5.41, 5.74) is 0.163. The topological polar surface area (TPSA) is 12.9 Å². The molecule has 1 radical (unpaired) electrons. The Kier molecular flexibility index (Phi) is 1.42. The van der Waals surface area contributed by atoms with Crippen LogP contribution < -0.4 is 0 Å². The second kappa shape index (κ2) is 2.09. The largest absolute Gasteiger partial charge is 0.245 e. The summed E-state index contributed by atoms with van der Waals surface area (Å²) >= 11 is 0. The molecule has 1 nitrogen and oxygen atoms in total. The molecule has 0 aliphatic rings. The van der Waals surface area contributed by atoms with Gasteiger partial charge in [-0.1, -0.05) is 0 Å². The number of nitrogens with zero attached hydrogens (tertiary/aromatic N) is 1. The fourth-order valence-electron chi connectivity index (χ4n) is 0.439. The molecular weight excluding hydrogens is 124 g/mol. The van der Waals surface area contributed by atoms with Crippen LogP contribution in [0, 0.1) is 24.8 Å². The molecule has 47 valence electrons. The Hall–Kier alpha value is -0.990. The summed E-state index contributed by atoms with van der Waals surface area (Å²) < 4.78 is 24.2. The maximum absolute atomic E-state index is 12.3. The molecule has 0 fully saturated rings. The molecule has 0 amide bonds. The van der Waals surface area contributed by atoms with E-state index in [-0.39, 0.29) is 5.69 Å². The standard InChI is InChI=1S/C6H4F2N/c1-4-6(8)2-5(7)3-9-4/h2H,1H3. The van der Waals surface area contributed by atoms with E-state index in [2.05, 4.69) is 4.98 Å². The van der Waals surface area contributed by atoms with Gasteiger partial charge in [-0.3, -0.25) is 0 Å². The molecule has 0 saturated carbocycles. The molecule has 0 aliphatic carbocycles. The molecule has 0 atom stereocenters. The van der Waals surface area contributed by atoms with Gasteiger partial charge in [0.1, 0.15) is 12.0 Å². The zero-order valence-electron chi connectivity index (χ0n) is 4.78. The van der Waals surface area contributed by atoms with Crippen molar-refractivity contribution < 1.29 is 8.78 Å². The third kappa shape index (κ3) is 1.22. The van der Waals surface area contributed by atoms with Crippen LogP contribution in [0.3, 0.4) is 0 Å². The van der Waals surface area contributed by atoms with Crippen LogP contribution in [0.1, 0.15) is 5.69 Å². The lowest BCUT2D eigenvalue weighted by molar-refractivity contribution is 0.563. The van der Waals surface area contributed by atoms with Crippen LogP contribution in [-0.4, -0.2) is 4.98 Å². The van der Waals surface area contributed by atoms with Crippen LogP contribution in [0.4, 0.5) is 8.78 Å². The summed E-state index contributed by atoms with van der Waals surface area (Å²) in [4.78, 5) is 3.30. The third-order valence-corrected chi connectivity index (χ3v) is 0.929. The SMILES string of the molecule is Cc1n[c]c(F)cc1F. The van der Waals surface area contributed by atoms with Crippen LogP contribution in [0.5, 0.6) is 0 Å². The number of aryl methyl sites for hydroxylation is 1. The zero-order valence-corrected chi connectivity index (χ0v) is 4.78. The van der Waals surface area contributed by atoms with E-state index in [0.717, 1.165) is 6.07 Å². The molecule has 9 heavy (non-hydrogen) atoms. The van der Waals surface area contributed by atoms with Crippen molar-refractivity contribution in [1.29, 1.82) is 0 Å². The van der Waals surface area contributed by atoms with Gasteiger partial charge in [-0.2, -0.15) is 0 Å². The van der Waals surface area contributed by atoms with E-state index in [4.69, 9.17) is 0 Å². The minimum atomic E-state index is -0.766. The minimum Gasteiger partial charge on any atom is -0.245 e. The van der Waals surface area contributed by atoms with E-state index in [1.54, 1.807) is 0 Å². The molecule has 0 saturated heterocycles. The molecule has 1 aromatic rings. The van der Waals surface area contributed by atoms with E-state index in [1.807, 2.05) is 6.20 Å². The first-order chi connectivity index (χ1) is 4.20. The van der Waals surface area contributed by atoms with Crippen LogP contribution >= 0.6 is 0 Å². The Bertz CT molecular complexity index is 222. The highest BCUT2D eigenvalue weighted by molar-refractivity contribution is 5.05. The molecule has 0 unspecified atom stereocenters. The van der Waals surface area contributed by atoms with E-state index in [0.29, 0.717) is 0 Å². The Morgan fingerprint density at radius 1 is 1.56 bits per heavy atom. The van der Waals surface area contributed by atoms with Crippen LogP contribution in [0.15, 0.2) is 6.07 Å². The number of hydrogen-bond donors (Lipinski definition) is 0. The first-order valence-electron chi connectivity index (χ1n) is 2.40. The van der Waals surface area contributed by atoms with Crippen molar-refractivity contribution in [3.8, 4) is 0 Å². The minimum absolute atomic E-state index is 0.163. The monoisotopic (exact) mass is 128 g/mol. The first kappa shape index (κ1) is 6.13. The van der Waals surface area contributed by atoms with Crippen molar-refractivity contribution in [3.05, 3.63) is 29.6 Å². The zero-order chi connectivity index (χ0) is 6.85. The predicted molar refractivity (Wildman–Crippen MR) is 27.7 cm³/mol. The maximum Gasteiger partial charge on any atom is 0.154 e. The van der Waals surface area contributed by atoms with Crippen molar-refractivity contribution >= 4 is 0 Å². The molecule has 0 aromatic carbocycles. The first-order valence-corrected chi connectivity index (χ1v) is 2.40. The Morgan fingerprint density at radius 3 is 2.67 bits per heavy atom. The van der Waals surface area contributed by atoms with Gasteiger partial charge in [0.25, 0.3) is 0 Å². The number of hydrogen-bond acceptors (Lipinski definition) is 1. The molecule has 0 aliphatic heterocycles. The van der Waals surface area contributed by atoms with Crippen molar-refractivity contribution in [1.82, 2.24) is 4.98 Å². The van der Waals surface area contributed by atoms with Gasteiger partial charge < -0.3 is 0 Å². The van der Waals surface area contributed by atoms with Gasteiger partial charge >= 0.3 is 0 Å². The molecule has 0 bridgehead atoms. The second-order valence-electron chi connectivity index (χ2n) is 1.65. The number of aromatic nitrogens is 1. The fraction of sp³-hybridized carbons (Fsp3) is 0.167. The smallest absolute Gasteiger partial charge is 0.154 e. The molecule has 3 heteroatoms. The highest BCUT2D eigenvalue weighted by Crippen LogP contribution is 2.02. The van der Waals surface area contributed by atoms with E-state index in [1.165, 1.54) is 6.92 Å². The summed E-state index contributed by atoms with van der Waals surface area (Å²) in [5, 5.41) is 0. The predicted octanol–water partition coefficient (Wildman–Crippen LogP) is 1.47. The van der Waals surface area contributed by atoms with Crippen LogP contribution in [0.2, 0.25) is 0 Å². The fourth-order valence-corrected chi connectivity index (χ4v) is 0.439.